The Balaban J connectivity index is 1.92. The molecule has 1 aromatic heterocycles. The number of halogens is 3. The summed E-state index contributed by atoms with van der Waals surface area (Å²) in [5.74, 6) is -2.95. The van der Waals surface area contributed by atoms with Gasteiger partial charge in [0.1, 0.15) is 0 Å². The molecule has 0 radical (unpaired) electrons. The smallest absolute Gasteiger partial charge is 0.254 e. The minimum atomic E-state index is -2.68. The average Bonchev–Trinajstić information content (AvgIpc) is 3.04. The van der Waals surface area contributed by atoms with E-state index in [0.29, 0.717) is 21.8 Å². The third-order valence-corrected chi connectivity index (χ3v) is 4.64. The molecule has 0 spiro atoms. The largest absolute Gasteiger partial charge is 0.338 e. The zero-order chi connectivity index (χ0) is 18.2. The Hall–Kier alpha value is -1.95. The number of amides is 1. The van der Waals surface area contributed by atoms with Crippen LogP contribution in [0.2, 0.25) is 5.02 Å². The van der Waals surface area contributed by atoms with Gasteiger partial charge < -0.3 is 4.90 Å². The van der Waals surface area contributed by atoms with Gasteiger partial charge in [0, 0.05) is 54.3 Å². The molecular formula is C18H20ClF2N3O. The molecule has 7 heteroatoms. The van der Waals surface area contributed by atoms with Crippen LogP contribution in [0.4, 0.5) is 8.78 Å². The van der Waals surface area contributed by atoms with Gasteiger partial charge in [-0.1, -0.05) is 11.6 Å². The monoisotopic (exact) mass is 367 g/mol. The summed E-state index contributed by atoms with van der Waals surface area (Å²) in [6.07, 6.45) is 1.24. The number of carbonyl (C=O) groups excluding carboxylic acids is 1. The fourth-order valence-electron chi connectivity index (χ4n) is 2.89. The second-order valence-corrected chi connectivity index (χ2v) is 7.05. The standard InChI is InChI=1S/C18H20ClF2N3O/c1-12(2)24-8-5-16(22-24)15-11-13(19)3-4-14(15)17(25)23-9-6-18(20,21)7-10-23/h3-5,8,11-12H,6-7,9-10H2,1-2H3. The first-order valence-electron chi connectivity index (χ1n) is 8.29. The number of hydrogen-bond donors (Lipinski definition) is 0. The first-order chi connectivity index (χ1) is 11.8. The van der Waals surface area contributed by atoms with Crippen LogP contribution in [0.1, 0.15) is 43.1 Å². The summed E-state index contributed by atoms with van der Waals surface area (Å²) < 4.78 is 28.5. The highest BCUT2D eigenvalue weighted by atomic mass is 35.5. The number of likely N-dealkylation sites (tertiary alicyclic amines) is 1. The maximum absolute atomic E-state index is 13.4. The molecule has 1 saturated heterocycles. The number of hydrogen-bond acceptors (Lipinski definition) is 2. The lowest BCUT2D eigenvalue weighted by Gasteiger charge is -2.32. The first-order valence-corrected chi connectivity index (χ1v) is 8.67. The van der Waals surface area contributed by atoms with E-state index in [-0.39, 0.29) is 37.9 Å². The summed E-state index contributed by atoms with van der Waals surface area (Å²) in [4.78, 5) is 14.3. The quantitative estimate of drug-likeness (QED) is 0.791. The Morgan fingerprint density at radius 1 is 1.24 bits per heavy atom. The van der Waals surface area contributed by atoms with E-state index in [1.165, 1.54) is 4.90 Å². The summed E-state index contributed by atoms with van der Waals surface area (Å²) >= 11 is 6.11. The van der Waals surface area contributed by atoms with Gasteiger partial charge in [-0.05, 0) is 38.1 Å². The lowest BCUT2D eigenvalue weighted by atomic mass is 10.0. The van der Waals surface area contributed by atoms with Crippen LogP contribution < -0.4 is 0 Å². The number of aromatic nitrogens is 2. The van der Waals surface area contributed by atoms with E-state index in [0.717, 1.165) is 0 Å². The Kier molecular flexibility index (Phi) is 4.82. The fraction of sp³-hybridized carbons (Fsp3) is 0.444. The van der Waals surface area contributed by atoms with E-state index >= 15 is 0 Å². The van der Waals surface area contributed by atoms with E-state index < -0.39 is 5.92 Å². The Labute approximate surface area is 150 Å². The molecule has 1 aliphatic rings. The molecule has 1 aliphatic heterocycles. The van der Waals surface area contributed by atoms with E-state index in [2.05, 4.69) is 5.10 Å². The summed E-state index contributed by atoms with van der Waals surface area (Å²) in [6.45, 7) is 4.12. The summed E-state index contributed by atoms with van der Waals surface area (Å²) in [5, 5.41) is 5.00. The molecule has 0 N–H and O–H groups in total. The van der Waals surface area contributed by atoms with Gasteiger partial charge in [-0.25, -0.2) is 8.78 Å². The number of benzene rings is 1. The number of piperidine rings is 1. The minimum absolute atomic E-state index is 0.0499. The van der Waals surface area contributed by atoms with Crippen LogP contribution in [0, 0.1) is 0 Å². The van der Waals surface area contributed by atoms with Crippen molar-refractivity contribution in [3.63, 3.8) is 0 Å². The highest BCUT2D eigenvalue weighted by Gasteiger charge is 2.36. The number of rotatable bonds is 3. The lowest BCUT2D eigenvalue weighted by molar-refractivity contribution is -0.0494. The molecule has 2 aromatic rings. The Morgan fingerprint density at radius 3 is 2.52 bits per heavy atom. The van der Waals surface area contributed by atoms with Gasteiger partial charge in [0.05, 0.1) is 5.69 Å². The van der Waals surface area contributed by atoms with E-state index in [9.17, 15) is 13.6 Å². The highest BCUT2D eigenvalue weighted by molar-refractivity contribution is 6.31. The van der Waals surface area contributed by atoms with Crippen LogP contribution >= 0.6 is 11.6 Å². The molecule has 1 fully saturated rings. The molecule has 0 atom stereocenters. The SMILES string of the molecule is CC(C)n1ccc(-c2cc(Cl)ccc2C(=O)N2CCC(F)(F)CC2)n1. The van der Waals surface area contributed by atoms with Gasteiger partial charge in [-0.15, -0.1) is 0 Å². The molecule has 2 heterocycles. The summed E-state index contributed by atoms with van der Waals surface area (Å²) in [5.41, 5.74) is 1.69. The molecule has 0 saturated carbocycles. The number of carbonyl (C=O) groups is 1. The van der Waals surface area contributed by atoms with Gasteiger partial charge in [-0.2, -0.15) is 5.10 Å². The van der Waals surface area contributed by atoms with Gasteiger partial charge >= 0.3 is 0 Å². The lowest BCUT2D eigenvalue weighted by Crippen LogP contribution is -2.42. The molecule has 0 bridgehead atoms. The molecule has 134 valence electrons. The third kappa shape index (κ3) is 3.84. The molecular weight excluding hydrogens is 348 g/mol. The van der Waals surface area contributed by atoms with Crippen molar-refractivity contribution in [1.29, 1.82) is 0 Å². The van der Waals surface area contributed by atoms with Crippen LogP contribution in [0.25, 0.3) is 11.3 Å². The summed E-state index contributed by atoms with van der Waals surface area (Å²) in [6, 6.07) is 6.99. The van der Waals surface area contributed by atoms with Gasteiger partial charge in [-0.3, -0.25) is 9.48 Å². The van der Waals surface area contributed by atoms with Crippen LogP contribution in [0.3, 0.4) is 0 Å². The predicted octanol–water partition coefficient (Wildman–Crippen LogP) is 4.66. The molecule has 4 nitrogen and oxygen atoms in total. The fourth-order valence-corrected chi connectivity index (χ4v) is 3.06. The van der Waals surface area contributed by atoms with Gasteiger partial charge in [0.15, 0.2) is 0 Å². The van der Waals surface area contributed by atoms with Crippen LogP contribution in [-0.4, -0.2) is 39.6 Å². The second-order valence-electron chi connectivity index (χ2n) is 6.61. The zero-order valence-electron chi connectivity index (χ0n) is 14.2. The predicted molar refractivity (Wildman–Crippen MR) is 93.1 cm³/mol. The van der Waals surface area contributed by atoms with Crippen molar-refractivity contribution < 1.29 is 13.6 Å². The van der Waals surface area contributed by atoms with Crippen molar-refractivity contribution >= 4 is 17.5 Å². The van der Waals surface area contributed by atoms with Crippen molar-refractivity contribution in [2.45, 2.75) is 38.7 Å². The Morgan fingerprint density at radius 2 is 1.92 bits per heavy atom. The first kappa shape index (κ1) is 17.9. The van der Waals surface area contributed by atoms with E-state index in [1.54, 1.807) is 22.9 Å². The van der Waals surface area contributed by atoms with Crippen LogP contribution in [-0.2, 0) is 0 Å². The van der Waals surface area contributed by atoms with E-state index in [1.807, 2.05) is 26.1 Å². The molecule has 1 amide bonds. The average molecular weight is 368 g/mol. The minimum Gasteiger partial charge on any atom is -0.338 e. The maximum Gasteiger partial charge on any atom is 0.254 e. The maximum atomic E-state index is 13.4. The van der Waals surface area contributed by atoms with Crippen LogP contribution in [0.5, 0.6) is 0 Å². The van der Waals surface area contributed by atoms with Gasteiger partial charge in [0.25, 0.3) is 11.8 Å². The molecule has 0 unspecified atom stereocenters. The van der Waals surface area contributed by atoms with Crippen molar-refractivity contribution in [2.24, 2.45) is 0 Å². The number of alkyl halides is 2. The van der Waals surface area contributed by atoms with Crippen molar-refractivity contribution in [3.8, 4) is 11.3 Å². The third-order valence-electron chi connectivity index (χ3n) is 4.41. The molecule has 0 aliphatic carbocycles. The van der Waals surface area contributed by atoms with Crippen molar-refractivity contribution in [2.75, 3.05) is 13.1 Å². The van der Waals surface area contributed by atoms with Crippen molar-refractivity contribution in [3.05, 3.63) is 41.0 Å². The Bertz CT molecular complexity index is 778. The molecule has 3 rings (SSSR count). The van der Waals surface area contributed by atoms with Crippen LogP contribution in [0.15, 0.2) is 30.5 Å². The summed E-state index contributed by atoms with van der Waals surface area (Å²) in [7, 11) is 0. The normalized spacial score (nSPS) is 17.1. The van der Waals surface area contributed by atoms with Gasteiger partial charge in [0.2, 0.25) is 0 Å². The van der Waals surface area contributed by atoms with E-state index in [4.69, 9.17) is 11.6 Å². The highest BCUT2D eigenvalue weighted by Crippen LogP contribution is 2.31. The molecule has 25 heavy (non-hydrogen) atoms. The zero-order valence-corrected chi connectivity index (χ0v) is 14.9. The number of nitrogens with zero attached hydrogens (tertiary/aromatic N) is 3. The topological polar surface area (TPSA) is 38.1 Å². The second kappa shape index (κ2) is 6.75. The van der Waals surface area contributed by atoms with Crippen molar-refractivity contribution in [1.82, 2.24) is 14.7 Å². The molecule has 1 aromatic carbocycles.